The molecule has 0 aromatic carbocycles. The number of hydrogen-bond acceptors (Lipinski definition) is 20. The van der Waals surface area contributed by atoms with E-state index in [9.17, 15) is 75.7 Å². The van der Waals surface area contributed by atoms with Gasteiger partial charge in [0.1, 0.15) is 67.1 Å². The van der Waals surface area contributed by atoms with E-state index in [1.165, 1.54) is 161 Å². The van der Waals surface area contributed by atoms with E-state index in [-0.39, 0.29) is 12.3 Å². The molecule has 0 aromatic rings. The molecule has 3 saturated heterocycles. The third-order valence-corrected chi connectivity index (χ3v) is 18.6. The number of aliphatic carboxylic acids is 1. The van der Waals surface area contributed by atoms with Gasteiger partial charge in [0.05, 0.1) is 50.7 Å². The number of carbonyl (C=O) groups is 3. The molecule has 14 N–H and O–H groups in total. The smallest absolute Gasteiger partial charge is 0.364 e. The molecule has 23 nitrogen and oxygen atoms in total. The fraction of sp³-hybridized carbons (Fsp3) is 0.875. The van der Waals surface area contributed by atoms with Crippen LogP contribution < -0.4 is 10.6 Å². The third kappa shape index (κ3) is 33.8. The van der Waals surface area contributed by atoms with Crippen molar-refractivity contribution in [3.8, 4) is 0 Å². The lowest BCUT2D eigenvalue weighted by Crippen LogP contribution is -2.70. The lowest BCUT2D eigenvalue weighted by molar-refractivity contribution is -0.386. The SMILES string of the molecule is CCCCCCCCCCC/C=C\C/C=C\CCCCCCCCCCCCCCCC(=O)NC(COC1OC(CO)C(OC2OC(CO)C(O)C(OC3(C(=O)O)CC(O)C(NC(C)=O)C(C(O)C(O)CO)O3)C2O)C(O)C1O)C(O)/C=C/CCCCCCCCCCCC. The number of carboxylic acid groups (broad SMARTS) is 1. The standard InChI is InChI=1S/C72H130N2O21/c1-4-6-8-10-12-14-16-18-19-20-21-22-23-24-25-26-27-28-29-30-31-32-33-34-36-38-40-42-44-46-59(82)74-53(54(79)45-43-41-39-37-35-17-15-13-11-9-7-5-2)51-90-69-64(86)63(85)66(58(50-77)92-69)93-70-65(87)68(62(84)57(49-76)91-70)95-72(71(88)89)47-55(80)60(73-52(3)78)67(94-72)61(83)56(81)48-75/h21-22,24-25,43,45,53-58,60-70,75-77,79-81,83-87H,4-20,23,26-42,44,46-51H2,1-3H3,(H,73,78)(H,74,82)(H,88,89)/b22-21-,25-24-,45-43+. The first kappa shape index (κ1) is 86.2. The summed E-state index contributed by atoms with van der Waals surface area (Å²) >= 11 is 0. The van der Waals surface area contributed by atoms with Gasteiger partial charge in [-0.3, -0.25) is 9.59 Å². The lowest BCUT2D eigenvalue weighted by Gasteiger charge is -2.50. The van der Waals surface area contributed by atoms with Crippen LogP contribution in [0.4, 0.5) is 0 Å². The van der Waals surface area contributed by atoms with E-state index < -0.39 is 155 Å². The van der Waals surface area contributed by atoms with Crippen molar-refractivity contribution < 1.29 is 104 Å². The number of rotatable bonds is 56. The Morgan fingerprint density at radius 1 is 0.558 bits per heavy atom. The number of ether oxygens (including phenoxy) is 6. The number of aliphatic hydroxyl groups excluding tert-OH is 11. The van der Waals surface area contributed by atoms with Crippen LogP contribution in [0, 0.1) is 0 Å². The zero-order valence-corrected chi connectivity index (χ0v) is 58.0. The van der Waals surface area contributed by atoms with Gasteiger partial charge in [0.15, 0.2) is 12.6 Å². The molecule has 3 heterocycles. The molecule has 0 saturated carbocycles. The molecular formula is C72H130N2O21. The van der Waals surface area contributed by atoms with Crippen molar-refractivity contribution in [2.75, 3.05) is 26.4 Å². The average Bonchev–Trinajstić information content (AvgIpc) is 0.760. The Bertz CT molecular complexity index is 2060. The second-order valence-electron chi connectivity index (χ2n) is 26.8. The van der Waals surface area contributed by atoms with Gasteiger partial charge >= 0.3 is 5.97 Å². The summed E-state index contributed by atoms with van der Waals surface area (Å²) < 4.78 is 34.8. The van der Waals surface area contributed by atoms with Crippen LogP contribution in [0.15, 0.2) is 36.5 Å². The monoisotopic (exact) mass is 1360 g/mol. The van der Waals surface area contributed by atoms with E-state index in [4.69, 9.17) is 28.4 Å². The molecule has 3 aliphatic rings. The third-order valence-electron chi connectivity index (χ3n) is 18.6. The Kier molecular flexibility index (Phi) is 47.2. The second kappa shape index (κ2) is 52.0. The number of carboxylic acids is 1. The minimum atomic E-state index is -3.08. The van der Waals surface area contributed by atoms with Gasteiger partial charge < -0.3 is 100 Å². The highest BCUT2D eigenvalue weighted by Gasteiger charge is 2.60. The highest BCUT2D eigenvalue weighted by Crippen LogP contribution is 2.39. The largest absolute Gasteiger partial charge is 0.477 e. The van der Waals surface area contributed by atoms with Crippen molar-refractivity contribution in [3.05, 3.63) is 36.5 Å². The molecule has 95 heavy (non-hydrogen) atoms. The maximum atomic E-state index is 13.5. The molecule has 0 bridgehead atoms. The summed E-state index contributed by atoms with van der Waals surface area (Å²) in [6, 6.07) is -2.62. The Hall–Kier alpha value is -3.05. The van der Waals surface area contributed by atoms with Crippen molar-refractivity contribution in [2.45, 2.75) is 375 Å². The van der Waals surface area contributed by atoms with E-state index in [1.54, 1.807) is 6.08 Å². The number of unbranched alkanes of at least 4 members (excludes halogenated alkanes) is 32. The molecule has 23 heteroatoms. The Balaban J connectivity index is 1.50. The van der Waals surface area contributed by atoms with Crippen LogP contribution >= 0.6 is 0 Å². The first-order valence-corrected chi connectivity index (χ1v) is 36.9. The molecule has 3 rings (SSSR count). The fourth-order valence-corrected chi connectivity index (χ4v) is 12.7. The molecule has 3 aliphatic heterocycles. The molecule has 554 valence electrons. The van der Waals surface area contributed by atoms with Crippen LogP contribution in [-0.2, 0) is 42.8 Å². The molecule has 2 amide bonds. The van der Waals surface area contributed by atoms with Crippen LogP contribution in [0.3, 0.4) is 0 Å². The number of hydrogen-bond donors (Lipinski definition) is 14. The number of nitrogens with one attached hydrogen (secondary N) is 2. The van der Waals surface area contributed by atoms with Crippen molar-refractivity contribution in [1.82, 2.24) is 10.6 Å². The van der Waals surface area contributed by atoms with E-state index in [0.717, 1.165) is 64.7 Å². The topological polar surface area (TPSA) is 373 Å². The minimum absolute atomic E-state index is 0.199. The van der Waals surface area contributed by atoms with E-state index in [0.29, 0.717) is 12.8 Å². The van der Waals surface area contributed by atoms with Crippen molar-refractivity contribution in [1.29, 1.82) is 0 Å². The normalized spacial score (nSPS) is 27.9. The number of amides is 2. The first-order valence-electron chi connectivity index (χ1n) is 36.9. The number of aliphatic hydroxyl groups is 11. The van der Waals surface area contributed by atoms with Crippen LogP contribution in [0.2, 0.25) is 0 Å². The van der Waals surface area contributed by atoms with Gasteiger partial charge in [-0.05, 0) is 51.4 Å². The number of allylic oxidation sites excluding steroid dienone is 5. The zero-order valence-electron chi connectivity index (χ0n) is 58.0. The first-order chi connectivity index (χ1) is 45.9. The molecule has 18 unspecified atom stereocenters. The van der Waals surface area contributed by atoms with Crippen LogP contribution in [0.5, 0.6) is 0 Å². The molecule has 3 fully saturated rings. The molecule has 0 aromatic heterocycles. The van der Waals surface area contributed by atoms with Crippen LogP contribution in [-0.4, -0.2) is 215 Å². The quantitative estimate of drug-likeness (QED) is 0.0204. The summed E-state index contributed by atoms with van der Waals surface area (Å²) in [5, 5.41) is 136. The summed E-state index contributed by atoms with van der Waals surface area (Å²) in [5.41, 5.74) is 0. The van der Waals surface area contributed by atoms with Gasteiger partial charge in [0.2, 0.25) is 11.8 Å². The minimum Gasteiger partial charge on any atom is -0.477 e. The van der Waals surface area contributed by atoms with Crippen molar-refractivity contribution in [2.24, 2.45) is 0 Å². The van der Waals surface area contributed by atoms with Gasteiger partial charge in [-0.15, -0.1) is 0 Å². The molecule has 0 aliphatic carbocycles. The Morgan fingerprint density at radius 3 is 1.48 bits per heavy atom. The van der Waals surface area contributed by atoms with Gasteiger partial charge in [-0.25, -0.2) is 4.79 Å². The summed E-state index contributed by atoms with van der Waals surface area (Å²) in [5.74, 6) is -6.14. The van der Waals surface area contributed by atoms with Gasteiger partial charge in [0.25, 0.3) is 5.79 Å². The van der Waals surface area contributed by atoms with Gasteiger partial charge in [-0.1, -0.05) is 230 Å². The molecular weight excluding hydrogens is 1230 g/mol. The molecule has 0 spiro atoms. The zero-order chi connectivity index (χ0) is 69.6. The van der Waals surface area contributed by atoms with Crippen molar-refractivity contribution >= 4 is 17.8 Å². The lowest BCUT2D eigenvalue weighted by atomic mass is 9.88. The van der Waals surface area contributed by atoms with E-state index in [2.05, 4.69) is 48.8 Å². The average molecular weight is 1360 g/mol. The molecule has 18 atom stereocenters. The summed E-state index contributed by atoms with van der Waals surface area (Å²) in [4.78, 5) is 38.5. The Labute approximate surface area is 567 Å². The predicted octanol–water partition coefficient (Wildman–Crippen LogP) is 7.79. The summed E-state index contributed by atoms with van der Waals surface area (Å²) in [6.07, 6.45) is 26.3. The van der Waals surface area contributed by atoms with Gasteiger partial charge in [0, 0.05) is 19.8 Å². The Morgan fingerprint density at radius 2 is 1.02 bits per heavy atom. The maximum Gasteiger partial charge on any atom is 0.364 e. The number of carbonyl (C=O) groups excluding carboxylic acids is 2. The second-order valence-corrected chi connectivity index (χ2v) is 26.8. The van der Waals surface area contributed by atoms with E-state index >= 15 is 0 Å². The summed E-state index contributed by atoms with van der Waals surface area (Å²) in [7, 11) is 0. The maximum absolute atomic E-state index is 13.5. The van der Waals surface area contributed by atoms with Gasteiger partial charge in [-0.2, -0.15) is 0 Å². The molecule has 0 radical (unpaired) electrons. The van der Waals surface area contributed by atoms with Crippen molar-refractivity contribution in [3.63, 3.8) is 0 Å². The van der Waals surface area contributed by atoms with E-state index in [1.807, 2.05) is 6.08 Å². The van der Waals surface area contributed by atoms with Crippen LogP contribution in [0.1, 0.15) is 265 Å². The predicted molar refractivity (Wildman–Crippen MR) is 361 cm³/mol. The highest BCUT2D eigenvalue weighted by atomic mass is 16.8. The van der Waals surface area contributed by atoms with Crippen LogP contribution in [0.25, 0.3) is 0 Å². The summed E-state index contributed by atoms with van der Waals surface area (Å²) in [6.45, 7) is 2.12. The highest BCUT2D eigenvalue weighted by molar-refractivity contribution is 5.77. The fourth-order valence-electron chi connectivity index (χ4n) is 12.7.